The summed E-state index contributed by atoms with van der Waals surface area (Å²) in [6.45, 7) is 0.876. The number of hydrogen-bond donors (Lipinski definition) is 2. The van der Waals surface area contributed by atoms with Gasteiger partial charge in [-0.05, 0) is 6.92 Å². The minimum atomic E-state index is -4.31. The molecule has 0 fully saturated rings. The van der Waals surface area contributed by atoms with E-state index in [0.29, 0.717) is 0 Å². The smallest absolute Gasteiger partial charge is 0.390 e. The third-order valence-electron chi connectivity index (χ3n) is 1.39. The Kier molecular flexibility index (Phi) is 6.28. The van der Waals surface area contributed by atoms with Crippen molar-refractivity contribution in [1.82, 2.24) is 10.6 Å². The first kappa shape index (κ1) is 14.5. The van der Waals surface area contributed by atoms with Crippen LogP contribution in [0.25, 0.3) is 0 Å². The Labute approximate surface area is 90.3 Å². The van der Waals surface area contributed by atoms with Crippen molar-refractivity contribution < 1.29 is 27.5 Å². The van der Waals surface area contributed by atoms with Crippen LogP contribution in [0.4, 0.5) is 18.0 Å². The van der Waals surface area contributed by atoms with E-state index in [9.17, 15) is 22.8 Å². The quantitative estimate of drug-likeness (QED) is 0.701. The van der Waals surface area contributed by atoms with E-state index in [-0.39, 0.29) is 13.2 Å². The van der Waals surface area contributed by atoms with Crippen LogP contribution in [0.1, 0.15) is 13.3 Å². The zero-order chi connectivity index (χ0) is 12.6. The number of carbonyl (C=O) groups excluding carboxylic acids is 2. The monoisotopic (exact) mass is 242 g/mol. The largest absolute Gasteiger partial charge is 0.465 e. The molecule has 0 radical (unpaired) electrons. The molecule has 2 amide bonds. The van der Waals surface area contributed by atoms with Crippen LogP contribution in [0.15, 0.2) is 0 Å². The molecule has 0 aromatic rings. The number of rotatable bonds is 5. The van der Waals surface area contributed by atoms with Crippen LogP contribution in [0.5, 0.6) is 0 Å². The Morgan fingerprint density at radius 1 is 1.25 bits per heavy atom. The van der Waals surface area contributed by atoms with Crippen LogP contribution >= 0.6 is 0 Å². The Balaban J connectivity index is 3.56. The Morgan fingerprint density at radius 3 is 2.38 bits per heavy atom. The van der Waals surface area contributed by atoms with Gasteiger partial charge in [0.2, 0.25) is 0 Å². The lowest BCUT2D eigenvalue weighted by Crippen LogP contribution is -2.40. The number of halogens is 3. The summed E-state index contributed by atoms with van der Waals surface area (Å²) in [6.07, 6.45) is -5.42. The molecule has 0 heterocycles. The number of esters is 1. The van der Waals surface area contributed by atoms with Crippen LogP contribution < -0.4 is 10.6 Å². The molecular weight excluding hydrogens is 229 g/mol. The summed E-state index contributed by atoms with van der Waals surface area (Å²) < 4.78 is 39.5. The molecule has 0 spiro atoms. The predicted molar refractivity (Wildman–Crippen MR) is 48.7 cm³/mol. The second-order valence-corrected chi connectivity index (χ2v) is 2.78. The molecule has 0 rings (SSSR count). The topological polar surface area (TPSA) is 67.4 Å². The van der Waals surface area contributed by atoms with Gasteiger partial charge in [-0.15, -0.1) is 0 Å². The molecule has 0 aliphatic rings. The highest BCUT2D eigenvalue weighted by molar-refractivity contribution is 5.80. The molecule has 8 heteroatoms. The normalized spacial score (nSPS) is 10.8. The summed E-state index contributed by atoms with van der Waals surface area (Å²) in [5, 5.41) is 4.02. The molecule has 0 unspecified atom stereocenters. The molecule has 2 N–H and O–H groups in total. The summed E-state index contributed by atoms with van der Waals surface area (Å²) in [5.41, 5.74) is 0. The summed E-state index contributed by atoms with van der Waals surface area (Å²) in [7, 11) is 0. The zero-order valence-electron chi connectivity index (χ0n) is 8.69. The van der Waals surface area contributed by atoms with Crippen LogP contribution in [-0.2, 0) is 9.53 Å². The van der Waals surface area contributed by atoms with E-state index in [0.717, 1.165) is 0 Å². The Morgan fingerprint density at radius 2 is 1.88 bits per heavy atom. The third kappa shape index (κ3) is 9.10. The minimum Gasteiger partial charge on any atom is -0.465 e. The van der Waals surface area contributed by atoms with Crippen LogP contribution in [0.2, 0.25) is 0 Å². The Bertz CT molecular complexity index is 243. The fourth-order valence-corrected chi connectivity index (χ4v) is 0.745. The number of amides is 2. The number of carbonyl (C=O) groups is 2. The fraction of sp³-hybridized carbons (Fsp3) is 0.750. The van der Waals surface area contributed by atoms with Gasteiger partial charge in [-0.3, -0.25) is 4.79 Å². The van der Waals surface area contributed by atoms with E-state index in [1.165, 1.54) is 0 Å². The van der Waals surface area contributed by atoms with Gasteiger partial charge in [0.1, 0.15) is 6.54 Å². The second kappa shape index (κ2) is 6.91. The van der Waals surface area contributed by atoms with Crippen molar-refractivity contribution in [1.29, 1.82) is 0 Å². The van der Waals surface area contributed by atoms with E-state index in [1.54, 1.807) is 6.92 Å². The number of nitrogens with one attached hydrogen (secondary N) is 2. The summed E-state index contributed by atoms with van der Waals surface area (Å²) in [6, 6.07) is -0.836. The number of ether oxygens (including phenoxy) is 1. The van der Waals surface area contributed by atoms with Crippen molar-refractivity contribution in [2.45, 2.75) is 19.5 Å². The van der Waals surface area contributed by atoms with E-state index in [2.05, 4.69) is 10.1 Å². The van der Waals surface area contributed by atoms with Crippen molar-refractivity contribution in [2.24, 2.45) is 0 Å². The lowest BCUT2D eigenvalue weighted by molar-refractivity contribution is -0.142. The van der Waals surface area contributed by atoms with Gasteiger partial charge in [-0.25, -0.2) is 4.79 Å². The average molecular weight is 242 g/mol. The molecule has 0 aromatic heterocycles. The van der Waals surface area contributed by atoms with E-state index in [4.69, 9.17) is 0 Å². The van der Waals surface area contributed by atoms with Gasteiger partial charge in [0.15, 0.2) is 0 Å². The molecular formula is C8H13F3N2O3. The maximum Gasteiger partial charge on any atom is 0.390 e. The molecule has 0 atom stereocenters. The maximum absolute atomic E-state index is 11.7. The lowest BCUT2D eigenvalue weighted by atomic mass is 10.4. The highest BCUT2D eigenvalue weighted by Crippen LogP contribution is 2.17. The second-order valence-electron chi connectivity index (χ2n) is 2.78. The van der Waals surface area contributed by atoms with Crippen molar-refractivity contribution in [3.05, 3.63) is 0 Å². The van der Waals surface area contributed by atoms with Crippen LogP contribution in [0, 0.1) is 0 Å². The molecule has 0 aromatic carbocycles. The highest BCUT2D eigenvalue weighted by Gasteiger charge is 2.26. The number of alkyl halides is 3. The lowest BCUT2D eigenvalue weighted by Gasteiger charge is -2.08. The van der Waals surface area contributed by atoms with Gasteiger partial charge in [0.05, 0.1) is 13.0 Å². The van der Waals surface area contributed by atoms with Gasteiger partial charge in [0.25, 0.3) is 0 Å². The summed E-state index contributed by atoms with van der Waals surface area (Å²) in [4.78, 5) is 21.6. The van der Waals surface area contributed by atoms with Crippen LogP contribution in [0.3, 0.4) is 0 Å². The van der Waals surface area contributed by atoms with Gasteiger partial charge in [0, 0.05) is 6.54 Å². The van der Waals surface area contributed by atoms with Crippen LogP contribution in [-0.4, -0.2) is 37.9 Å². The molecule has 16 heavy (non-hydrogen) atoms. The van der Waals surface area contributed by atoms with E-state index < -0.39 is 31.1 Å². The van der Waals surface area contributed by atoms with Gasteiger partial charge in [-0.2, -0.15) is 13.2 Å². The van der Waals surface area contributed by atoms with Crippen molar-refractivity contribution in [3.63, 3.8) is 0 Å². The molecule has 94 valence electrons. The Hall–Kier alpha value is -1.47. The maximum atomic E-state index is 11.7. The van der Waals surface area contributed by atoms with E-state index in [1.807, 2.05) is 5.32 Å². The number of hydrogen-bond acceptors (Lipinski definition) is 3. The summed E-state index contributed by atoms with van der Waals surface area (Å²) in [5.74, 6) is -0.645. The number of urea groups is 1. The van der Waals surface area contributed by atoms with Crippen molar-refractivity contribution in [3.8, 4) is 0 Å². The van der Waals surface area contributed by atoms with Gasteiger partial charge in [-0.1, -0.05) is 0 Å². The zero-order valence-corrected chi connectivity index (χ0v) is 8.69. The molecule has 0 saturated heterocycles. The minimum absolute atomic E-state index is 0.177. The molecule has 5 nitrogen and oxygen atoms in total. The predicted octanol–water partition coefficient (Wildman–Crippen LogP) is 0.801. The standard InChI is InChI=1S/C8H13F3N2O3/c1-2-16-6(14)5-13-7(15)12-4-3-8(9,10)11/h2-5H2,1H3,(H2,12,13,15). The molecule has 0 saturated carbocycles. The van der Waals surface area contributed by atoms with Gasteiger partial charge >= 0.3 is 18.2 Å². The third-order valence-corrected chi connectivity index (χ3v) is 1.39. The van der Waals surface area contributed by atoms with Gasteiger partial charge < -0.3 is 15.4 Å². The highest BCUT2D eigenvalue weighted by atomic mass is 19.4. The fourth-order valence-electron chi connectivity index (χ4n) is 0.745. The van der Waals surface area contributed by atoms with Crippen molar-refractivity contribution in [2.75, 3.05) is 19.7 Å². The molecule has 0 bridgehead atoms. The SMILES string of the molecule is CCOC(=O)CNC(=O)NCCC(F)(F)F. The first-order chi connectivity index (χ1) is 7.35. The van der Waals surface area contributed by atoms with E-state index >= 15 is 0 Å². The first-order valence-corrected chi connectivity index (χ1v) is 4.59. The molecule has 0 aliphatic heterocycles. The van der Waals surface area contributed by atoms with Crippen molar-refractivity contribution >= 4 is 12.0 Å². The summed E-state index contributed by atoms with van der Waals surface area (Å²) >= 11 is 0. The first-order valence-electron chi connectivity index (χ1n) is 4.59. The molecule has 0 aliphatic carbocycles. The average Bonchev–Trinajstić information content (AvgIpc) is 2.13.